The Hall–Kier alpha value is -4.00. The molecular weight excluding hydrogens is 551 g/mol. The number of amides is 3. The zero-order valence-electron chi connectivity index (χ0n) is 23.0. The molecule has 1 aliphatic rings. The van der Waals surface area contributed by atoms with Crippen LogP contribution >= 0.6 is 0 Å². The van der Waals surface area contributed by atoms with E-state index < -0.39 is 39.9 Å². The van der Waals surface area contributed by atoms with Crippen molar-refractivity contribution in [2.75, 3.05) is 37.4 Å². The van der Waals surface area contributed by atoms with Gasteiger partial charge in [0, 0.05) is 25.2 Å². The van der Waals surface area contributed by atoms with E-state index >= 15 is 0 Å². The summed E-state index contributed by atoms with van der Waals surface area (Å²) in [6, 6.07) is 16.8. The molecule has 3 atom stereocenters. The number of hydrogen-bond donors (Lipinski definition) is 3. The summed E-state index contributed by atoms with van der Waals surface area (Å²) in [5, 5.41) is 15.2. The van der Waals surface area contributed by atoms with Crippen molar-refractivity contribution in [3.63, 3.8) is 0 Å². The molecule has 0 spiro atoms. The van der Waals surface area contributed by atoms with Crippen molar-refractivity contribution < 1.29 is 32.2 Å². The van der Waals surface area contributed by atoms with Crippen LogP contribution in [0.2, 0.25) is 0 Å². The maximum absolute atomic E-state index is 13.6. The summed E-state index contributed by atoms with van der Waals surface area (Å²) in [5.74, 6) is -1.15. The van der Waals surface area contributed by atoms with Gasteiger partial charge in [-0.05, 0) is 55.5 Å². The Kier molecular flexibility index (Phi) is 9.26. The topological polar surface area (TPSA) is 128 Å². The molecule has 0 unspecified atom stereocenters. The van der Waals surface area contributed by atoms with E-state index in [1.54, 1.807) is 43.3 Å². The summed E-state index contributed by atoms with van der Waals surface area (Å²) in [6.07, 6.45) is -0.734. The van der Waals surface area contributed by atoms with E-state index in [4.69, 9.17) is 4.74 Å². The lowest BCUT2D eigenvalue weighted by atomic mass is 9.99. The van der Waals surface area contributed by atoms with Crippen molar-refractivity contribution >= 4 is 33.3 Å². The quantitative estimate of drug-likeness (QED) is 0.367. The second-order valence-corrected chi connectivity index (χ2v) is 12.0. The maximum atomic E-state index is 13.6. The molecule has 0 fully saturated rings. The van der Waals surface area contributed by atoms with Gasteiger partial charge in [0.2, 0.25) is 10.0 Å². The van der Waals surface area contributed by atoms with Gasteiger partial charge in [-0.1, -0.05) is 31.2 Å². The highest BCUT2D eigenvalue weighted by Gasteiger charge is 2.36. The number of aliphatic hydroxyl groups excluding tert-OH is 1. The molecule has 0 saturated heterocycles. The Morgan fingerprint density at radius 2 is 1.78 bits per heavy atom. The van der Waals surface area contributed by atoms with Gasteiger partial charge in [-0.15, -0.1) is 0 Å². The molecule has 0 radical (unpaired) electrons. The highest BCUT2D eigenvalue weighted by Crippen LogP contribution is 2.35. The number of aliphatic hydroxyl groups is 1. The summed E-state index contributed by atoms with van der Waals surface area (Å²) in [6.45, 7) is 3.42. The van der Waals surface area contributed by atoms with Crippen LogP contribution in [-0.2, 0) is 10.0 Å². The summed E-state index contributed by atoms with van der Waals surface area (Å²) >= 11 is 0. The Labute approximate surface area is 238 Å². The molecule has 3 aromatic rings. The lowest BCUT2D eigenvalue weighted by Gasteiger charge is -2.38. The van der Waals surface area contributed by atoms with Crippen molar-refractivity contribution in [3.8, 4) is 5.75 Å². The molecule has 3 aromatic carbocycles. The first-order valence-electron chi connectivity index (χ1n) is 13.1. The van der Waals surface area contributed by atoms with Crippen molar-refractivity contribution in [1.29, 1.82) is 0 Å². The highest BCUT2D eigenvalue weighted by atomic mass is 32.2. The molecule has 1 heterocycles. The zero-order chi connectivity index (χ0) is 29.7. The van der Waals surface area contributed by atoms with Gasteiger partial charge in [0.1, 0.15) is 11.9 Å². The molecule has 3 amide bonds. The summed E-state index contributed by atoms with van der Waals surface area (Å²) < 4.78 is 47.4. The van der Waals surface area contributed by atoms with Crippen molar-refractivity contribution in [2.45, 2.75) is 30.9 Å². The first kappa shape index (κ1) is 30.0. The summed E-state index contributed by atoms with van der Waals surface area (Å²) in [5.41, 5.74) is 0.678. The van der Waals surface area contributed by atoms with Crippen molar-refractivity contribution in [2.24, 2.45) is 5.92 Å². The molecule has 0 bridgehead atoms. The molecule has 3 N–H and O–H groups in total. The molecule has 4 rings (SSSR count). The van der Waals surface area contributed by atoms with Gasteiger partial charge >= 0.3 is 6.03 Å². The van der Waals surface area contributed by atoms with Crippen LogP contribution in [0.3, 0.4) is 0 Å². The van der Waals surface area contributed by atoms with E-state index in [0.717, 1.165) is 0 Å². The number of halogens is 1. The molecule has 1 aliphatic heterocycles. The monoisotopic (exact) mass is 584 g/mol. The number of hydrogen-bond acceptors (Lipinski definition) is 6. The Balaban J connectivity index is 1.68. The van der Waals surface area contributed by atoms with Crippen LogP contribution in [0.5, 0.6) is 5.75 Å². The van der Waals surface area contributed by atoms with E-state index in [1.165, 1.54) is 52.7 Å². The number of urea groups is 1. The predicted octanol–water partition coefficient (Wildman–Crippen LogP) is 4.01. The first-order chi connectivity index (χ1) is 19.5. The minimum atomic E-state index is -3.85. The third-order valence-corrected chi connectivity index (χ3v) is 8.77. The number of sulfonamides is 1. The predicted molar refractivity (Wildman–Crippen MR) is 153 cm³/mol. The number of likely N-dealkylation sites (N-methyl/N-ethyl adjacent to an activating group) is 1. The van der Waals surface area contributed by atoms with E-state index in [-0.39, 0.29) is 47.5 Å². The number of rotatable bonds is 8. The van der Waals surface area contributed by atoms with E-state index in [0.29, 0.717) is 5.69 Å². The number of anilines is 2. The molecule has 218 valence electrons. The Bertz CT molecular complexity index is 1490. The van der Waals surface area contributed by atoms with Crippen LogP contribution in [0.25, 0.3) is 0 Å². The standard InChI is InChI=1S/C29H33FN4O6S/c1-19-16-34(20(2)18-35)28(36)24-10-7-11-25(32-29(37)31-22-14-12-21(30)13-15-22)27(24)40-26(19)17-33(3)41(38,39)23-8-5-4-6-9-23/h4-15,19-20,26,35H,16-18H2,1-3H3,(H2,31,32,37)/t19-,20-,26-/m0/s1. The molecule has 41 heavy (non-hydrogen) atoms. The maximum Gasteiger partial charge on any atom is 0.323 e. The molecule has 10 nitrogen and oxygen atoms in total. The number of carbonyl (C=O) groups is 2. The molecule has 12 heteroatoms. The van der Waals surface area contributed by atoms with Crippen LogP contribution in [0.15, 0.2) is 77.7 Å². The van der Waals surface area contributed by atoms with Crippen LogP contribution in [0.1, 0.15) is 24.2 Å². The van der Waals surface area contributed by atoms with Gasteiger partial charge in [-0.25, -0.2) is 17.6 Å². The van der Waals surface area contributed by atoms with Crippen LogP contribution in [-0.4, -0.2) is 73.6 Å². The molecule has 0 saturated carbocycles. The first-order valence-corrected chi connectivity index (χ1v) is 14.5. The van der Waals surface area contributed by atoms with E-state index in [2.05, 4.69) is 10.6 Å². The van der Waals surface area contributed by atoms with Gasteiger partial charge < -0.3 is 25.4 Å². The second-order valence-electron chi connectivity index (χ2n) is 9.99. The lowest BCUT2D eigenvalue weighted by molar-refractivity contribution is 0.0389. The number of nitrogens with zero attached hydrogens (tertiary/aromatic N) is 2. The van der Waals surface area contributed by atoms with Gasteiger partial charge in [0.15, 0.2) is 5.75 Å². The van der Waals surface area contributed by atoms with Crippen molar-refractivity contribution in [1.82, 2.24) is 9.21 Å². The SMILES string of the molecule is C[C@H]1CN([C@@H](C)CO)C(=O)c2cccc(NC(=O)Nc3ccc(F)cc3)c2O[C@H]1CN(C)S(=O)(=O)c1ccccc1. The number of para-hydroxylation sites is 1. The third-order valence-electron chi connectivity index (χ3n) is 6.93. The number of benzene rings is 3. The number of ether oxygens (including phenoxy) is 1. The average molecular weight is 585 g/mol. The average Bonchev–Trinajstić information content (AvgIpc) is 2.96. The van der Waals surface area contributed by atoms with Gasteiger partial charge in [-0.2, -0.15) is 4.31 Å². The van der Waals surface area contributed by atoms with Gasteiger partial charge in [-0.3, -0.25) is 4.79 Å². The largest absolute Gasteiger partial charge is 0.486 e. The number of nitrogens with one attached hydrogen (secondary N) is 2. The lowest BCUT2D eigenvalue weighted by Crippen LogP contribution is -2.50. The van der Waals surface area contributed by atoms with Crippen LogP contribution < -0.4 is 15.4 Å². The third kappa shape index (κ3) is 6.84. The summed E-state index contributed by atoms with van der Waals surface area (Å²) in [7, 11) is -2.39. The van der Waals surface area contributed by atoms with E-state index in [9.17, 15) is 27.5 Å². The van der Waals surface area contributed by atoms with Crippen LogP contribution in [0, 0.1) is 11.7 Å². The van der Waals surface area contributed by atoms with Gasteiger partial charge in [0.05, 0.1) is 35.3 Å². The highest BCUT2D eigenvalue weighted by molar-refractivity contribution is 7.89. The Morgan fingerprint density at radius 3 is 2.44 bits per heavy atom. The number of carbonyl (C=O) groups excluding carboxylic acids is 2. The zero-order valence-corrected chi connectivity index (χ0v) is 23.8. The minimum absolute atomic E-state index is 0.0521. The van der Waals surface area contributed by atoms with Crippen molar-refractivity contribution in [3.05, 3.63) is 84.2 Å². The molecular formula is C29H33FN4O6S. The number of fused-ring (bicyclic) bond motifs is 1. The minimum Gasteiger partial charge on any atom is -0.486 e. The fourth-order valence-electron chi connectivity index (χ4n) is 4.50. The Morgan fingerprint density at radius 1 is 1.10 bits per heavy atom. The summed E-state index contributed by atoms with van der Waals surface area (Å²) in [4.78, 5) is 28.1. The fraction of sp³-hybridized carbons (Fsp3) is 0.310. The van der Waals surface area contributed by atoms with E-state index in [1.807, 2.05) is 6.92 Å². The molecule has 0 aromatic heterocycles. The smallest absolute Gasteiger partial charge is 0.323 e. The molecule has 0 aliphatic carbocycles. The van der Waals surface area contributed by atoms with Crippen LogP contribution in [0.4, 0.5) is 20.6 Å². The van der Waals surface area contributed by atoms with Gasteiger partial charge in [0.25, 0.3) is 5.91 Å². The second kappa shape index (κ2) is 12.7. The fourth-order valence-corrected chi connectivity index (χ4v) is 5.71. The normalized spacial score (nSPS) is 18.1.